The van der Waals surface area contributed by atoms with Crippen LogP contribution in [0.25, 0.3) is 11.3 Å². The van der Waals surface area contributed by atoms with Crippen molar-refractivity contribution >= 4 is 12.0 Å². The van der Waals surface area contributed by atoms with Crippen LogP contribution in [-0.2, 0) is 26.9 Å². The number of esters is 1. The number of benzene rings is 1. The van der Waals surface area contributed by atoms with E-state index in [1.165, 1.54) is 0 Å². The lowest BCUT2D eigenvalue weighted by Gasteiger charge is -2.28. The van der Waals surface area contributed by atoms with Crippen molar-refractivity contribution in [2.45, 2.75) is 65.8 Å². The smallest absolute Gasteiger partial charge is 0.325 e. The number of hydrogen-bond acceptors (Lipinski definition) is 6. The maximum atomic E-state index is 11.8. The normalized spacial score (nSPS) is 11.8. The van der Waals surface area contributed by atoms with E-state index in [9.17, 15) is 14.7 Å². The fourth-order valence-corrected chi connectivity index (χ4v) is 3.05. The molecule has 1 aromatic carbocycles. The lowest BCUT2D eigenvalue weighted by atomic mass is 9.78. The third-order valence-corrected chi connectivity index (χ3v) is 4.70. The molecule has 0 atom stereocenters. The van der Waals surface area contributed by atoms with E-state index in [1.807, 2.05) is 53.7 Å². The molecule has 0 bridgehead atoms. The number of hydrogen-bond donors (Lipinski definition) is 3. The van der Waals surface area contributed by atoms with Gasteiger partial charge >= 0.3 is 12.0 Å². The van der Waals surface area contributed by atoms with Crippen molar-refractivity contribution in [2.24, 2.45) is 0 Å². The minimum Gasteiger partial charge on any atom is -0.507 e. The molecule has 170 valence electrons. The molecule has 0 aliphatic carbocycles. The third-order valence-electron chi connectivity index (χ3n) is 4.70. The predicted octanol–water partition coefficient (Wildman–Crippen LogP) is 4.00. The number of phenols is 1. The SMILES string of the molecule is CCOC(=O)CNC(=O)NCc1cc(-c2cc(C(C)(C)C)c(O)c(C(C)(C)C)c2)no1. The van der Waals surface area contributed by atoms with Crippen molar-refractivity contribution in [3.63, 3.8) is 0 Å². The molecule has 0 aliphatic heterocycles. The molecular weight excluding hydrogens is 398 g/mol. The van der Waals surface area contributed by atoms with Crippen molar-refractivity contribution < 1.29 is 24.0 Å². The monoisotopic (exact) mass is 431 g/mol. The second kappa shape index (κ2) is 9.41. The first kappa shape index (κ1) is 24.2. The highest BCUT2D eigenvalue weighted by molar-refractivity contribution is 5.80. The van der Waals surface area contributed by atoms with Crippen LogP contribution in [0.15, 0.2) is 22.7 Å². The molecule has 31 heavy (non-hydrogen) atoms. The molecule has 8 heteroatoms. The van der Waals surface area contributed by atoms with E-state index >= 15 is 0 Å². The number of rotatable bonds is 6. The zero-order valence-corrected chi connectivity index (χ0v) is 19.4. The van der Waals surface area contributed by atoms with Crippen LogP contribution in [0.1, 0.15) is 65.4 Å². The number of carbonyl (C=O) groups is 2. The first-order valence-corrected chi connectivity index (χ1v) is 10.3. The Morgan fingerprint density at radius 3 is 2.13 bits per heavy atom. The average molecular weight is 432 g/mol. The summed E-state index contributed by atoms with van der Waals surface area (Å²) in [7, 11) is 0. The van der Waals surface area contributed by atoms with E-state index < -0.39 is 12.0 Å². The van der Waals surface area contributed by atoms with Gasteiger partial charge in [-0.2, -0.15) is 0 Å². The molecule has 8 nitrogen and oxygen atoms in total. The topological polar surface area (TPSA) is 114 Å². The Hall–Kier alpha value is -3.03. The number of nitrogens with zero attached hydrogens (tertiary/aromatic N) is 1. The van der Waals surface area contributed by atoms with Gasteiger partial charge in [0.25, 0.3) is 0 Å². The van der Waals surface area contributed by atoms with Gasteiger partial charge in [0.2, 0.25) is 0 Å². The van der Waals surface area contributed by atoms with E-state index in [-0.39, 0.29) is 30.5 Å². The minimum atomic E-state index is -0.513. The molecular formula is C23H33N3O5. The summed E-state index contributed by atoms with van der Waals surface area (Å²) in [5.74, 6) is 0.257. The van der Waals surface area contributed by atoms with Crippen molar-refractivity contribution in [3.8, 4) is 17.0 Å². The summed E-state index contributed by atoms with van der Waals surface area (Å²) in [6.07, 6.45) is 0. The fraction of sp³-hybridized carbons (Fsp3) is 0.522. The highest BCUT2D eigenvalue weighted by atomic mass is 16.5. The highest BCUT2D eigenvalue weighted by Crippen LogP contribution is 2.41. The minimum absolute atomic E-state index is 0.109. The van der Waals surface area contributed by atoms with Gasteiger partial charge in [-0.25, -0.2) is 4.79 Å². The summed E-state index contributed by atoms with van der Waals surface area (Å²) >= 11 is 0. The van der Waals surface area contributed by atoms with Gasteiger partial charge in [-0.05, 0) is 29.9 Å². The molecule has 2 rings (SSSR count). The molecule has 0 saturated heterocycles. The molecule has 3 N–H and O–H groups in total. The quantitative estimate of drug-likeness (QED) is 0.596. The Balaban J connectivity index is 2.18. The number of carbonyl (C=O) groups excluding carboxylic acids is 2. The van der Waals surface area contributed by atoms with Crippen LogP contribution in [0.5, 0.6) is 5.75 Å². The van der Waals surface area contributed by atoms with Crippen molar-refractivity contribution in [3.05, 3.63) is 35.1 Å². The van der Waals surface area contributed by atoms with Gasteiger partial charge < -0.3 is 25.0 Å². The van der Waals surface area contributed by atoms with E-state index in [1.54, 1.807) is 13.0 Å². The molecule has 1 aromatic heterocycles. The van der Waals surface area contributed by atoms with Crippen LogP contribution in [0.2, 0.25) is 0 Å². The highest BCUT2D eigenvalue weighted by Gasteiger charge is 2.27. The maximum absolute atomic E-state index is 11.8. The van der Waals surface area contributed by atoms with Crippen LogP contribution >= 0.6 is 0 Å². The van der Waals surface area contributed by atoms with Gasteiger partial charge in [0.05, 0.1) is 13.2 Å². The van der Waals surface area contributed by atoms with Crippen LogP contribution in [-0.4, -0.2) is 35.4 Å². The van der Waals surface area contributed by atoms with Gasteiger partial charge in [-0.1, -0.05) is 46.7 Å². The molecule has 0 aliphatic rings. The largest absolute Gasteiger partial charge is 0.507 e. The fourth-order valence-electron chi connectivity index (χ4n) is 3.05. The Morgan fingerprint density at radius 2 is 1.61 bits per heavy atom. The maximum Gasteiger partial charge on any atom is 0.325 e. The van der Waals surface area contributed by atoms with Crippen LogP contribution in [0.3, 0.4) is 0 Å². The van der Waals surface area contributed by atoms with Crippen LogP contribution in [0.4, 0.5) is 4.79 Å². The van der Waals surface area contributed by atoms with Crippen molar-refractivity contribution in [1.29, 1.82) is 0 Å². The standard InChI is InChI=1S/C23H33N3O5/c1-8-30-19(27)13-25-21(29)24-12-15-11-18(26-31-15)14-9-16(22(2,3)4)20(28)17(10-14)23(5,6)7/h9-11,28H,8,12-13H2,1-7H3,(H2,24,25,29). The van der Waals surface area contributed by atoms with Gasteiger partial charge in [0.1, 0.15) is 18.0 Å². The Labute approximate surface area is 183 Å². The van der Waals surface area contributed by atoms with E-state index in [4.69, 9.17) is 9.26 Å². The van der Waals surface area contributed by atoms with Gasteiger partial charge in [-0.3, -0.25) is 4.79 Å². The molecule has 2 aromatic rings. The van der Waals surface area contributed by atoms with Crippen LogP contribution in [0, 0.1) is 0 Å². The molecule has 0 fully saturated rings. The van der Waals surface area contributed by atoms with E-state index in [0.717, 1.165) is 16.7 Å². The lowest BCUT2D eigenvalue weighted by molar-refractivity contribution is -0.141. The van der Waals surface area contributed by atoms with Gasteiger partial charge in [-0.15, -0.1) is 0 Å². The summed E-state index contributed by atoms with van der Waals surface area (Å²) in [6.45, 7) is 14.1. The number of phenolic OH excluding ortho intramolecular Hbond substituents is 1. The second-order valence-electron chi connectivity index (χ2n) is 9.44. The number of nitrogens with one attached hydrogen (secondary N) is 2. The number of aromatic hydroxyl groups is 1. The number of aromatic nitrogens is 1. The van der Waals surface area contributed by atoms with E-state index in [2.05, 4.69) is 15.8 Å². The summed E-state index contributed by atoms with van der Waals surface area (Å²) < 4.78 is 10.1. The van der Waals surface area contributed by atoms with Gasteiger partial charge in [0, 0.05) is 22.8 Å². The molecule has 1 heterocycles. The van der Waals surface area contributed by atoms with Crippen LogP contribution < -0.4 is 10.6 Å². The average Bonchev–Trinajstić information content (AvgIpc) is 3.12. The zero-order valence-electron chi connectivity index (χ0n) is 19.4. The lowest BCUT2D eigenvalue weighted by Crippen LogP contribution is -2.38. The van der Waals surface area contributed by atoms with Gasteiger partial charge in [0.15, 0.2) is 5.76 Å². The number of amides is 2. The Kier molecular flexibility index (Phi) is 7.36. The number of ether oxygens (including phenoxy) is 1. The first-order valence-electron chi connectivity index (χ1n) is 10.3. The second-order valence-corrected chi connectivity index (χ2v) is 9.44. The molecule has 2 amide bonds. The predicted molar refractivity (Wildman–Crippen MR) is 118 cm³/mol. The summed E-state index contributed by atoms with van der Waals surface area (Å²) in [6, 6.07) is 5.08. The Morgan fingerprint density at radius 1 is 1.03 bits per heavy atom. The summed E-state index contributed by atoms with van der Waals surface area (Å²) in [5.41, 5.74) is 2.58. The molecule has 0 radical (unpaired) electrons. The van der Waals surface area contributed by atoms with Crippen molar-refractivity contribution in [1.82, 2.24) is 15.8 Å². The number of urea groups is 1. The first-order chi connectivity index (χ1) is 14.3. The Bertz CT molecular complexity index is 900. The third kappa shape index (κ3) is 6.47. The summed E-state index contributed by atoms with van der Waals surface area (Å²) in [4.78, 5) is 23.1. The van der Waals surface area contributed by atoms with E-state index in [0.29, 0.717) is 17.2 Å². The molecule has 0 unspecified atom stereocenters. The summed E-state index contributed by atoms with van der Waals surface area (Å²) in [5, 5.41) is 20.0. The molecule has 0 spiro atoms. The zero-order chi connectivity index (χ0) is 23.4. The molecule has 0 saturated carbocycles. The van der Waals surface area contributed by atoms with Crippen molar-refractivity contribution in [2.75, 3.05) is 13.2 Å².